The van der Waals surface area contributed by atoms with Gasteiger partial charge in [-0.3, -0.25) is 0 Å². The molecule has 4 heterocycles. The Balaban J connectivity index is 1.12. The Labute approximate surface area is 296 Å². The van der Waals surface area contributed by atoms with Gasteiger partial charge in [0, 0.05) is 58.5 Å². The molecule has 240 valence electrons. The molecular formula is C45H28N4OS. The minimum atomic E-state index is -0.331. The fourth-order valence-electron chi connectivity index (χ4n) is 7.73. The molecule has 6 heteroatoms. The summed E-state index contributed by atoms with van der Waals surface area (Å²) >= 11 is 1.82. The van der Waals surface area contributed by atoms with E-state index in [9.17, 15) is 0 Å². The van der Waals surface area contributed by atoms with Crippen molar-refractivity contribution < 1.29 is 4.42 Å². The van der Waals surface area contributed by atoms with E-state index >= 15 is 0 Å². The highest BCUT2D eigenvalue weighted by Crippen LogP contribution is 2.40. The van der Waals surface area contributed by atoms with Gasteiger partial charge in [-0.15, -0.1) is 11.3 Å². The van der Waals surface area contributed by atoms with Gasteiger partial charge in [-0.2, -0.15) is 0 Å². The summed E-state index contributed by atoms with van der Waals surface area (Å²) in [6.45, 7) is 0. The van der Waals surface area contributed by atoms with Crippen LogP contribution in [0.4, 0.5) is 0 Å². The SMILES string of the molecule is c1ccc(C2=NC(c3ccc4c(c3)sc3ccccc34)NC(c3cccc4oc5cc6c7ccccc7n(-c7ccccc7)c6cc5c34)=N2)cc1. The lowest BCUT2D eigenvalue weighted by Crippen LogP contribution is -2.33. The van der Waals surface area contributed by atoms with Crippen molar-refractivity contribution in [2.75, 3.05) is 0 Å². The standard InChI is InChI=1S/C45H28N4OS/c1-3-12-27(13-4-1)43-46-44(28-22-23-32-31-17-8-10-21-40(31)51-41(32)24-28)48-45(47-43)33-18-11-20-38-42(33)35-25-37-34(26-39(35)50-38)30-16-7-9-19-36(30)49(37)29-14-5-2-6-15-29/h1-26,44H,(H,46,47,48). The Bertz CT molecular complexity index is 3060. The molecule has 51 heavy (non-hydrogen) atoms. The molecular weight excluding hydrogens is 645 g/mol. The van der Waals surface area contributed by atoms with Gasteiger partial charge in [0.1, 0.15) is 23.2 Å². The van der Waals surface area contributed by atoms with Gasteiger partial charge >= 0.3 is 0 Å². The number of aromatic nitrogens is 1. The monoisotopic (exact) mass is 672 g/mol. The summed E-state index contributed by atoms with van der Waals surface area (Å²) in [7, 11) is 0. The van der Waals surface area contributed by atoms with Gasteiger partial charge in [0.25, 0.3) is 0 Å². The molecule has 10 aromatic rings. The third-order valence-electron chi connectivity index (χ3n) is 10.1. The van der Waals surface area contributed by atoms with Gasteiger partial charge in [-0.05, 0) is 54.1 Å². The second kappa shape index (κ2) is 11.0. The van der Waals surface area contributed by atoms with Gasteiger partial charge in [0.15, 0.2) is 5.84 Å². The molecule has 0 amide bonds. The van der Waals surface area contributed by atoms with Crippen LogP contribution in [0.5, 0.6) is 0 Å². The number of aliphatic imine (C=N–C) groups is 2. The number of hydrogen-bond acceptors (Lipinski definition) is 5. The molecule has 1 aliphatic heterocycles. The first kappa shape index (κ1) is 28.3. The maximum absolute atomic E-state index is 6.63. The summed E-state index contributed by atoms with van der Waals surface area (Å²) in [4.78, 5) is 10.4. The average Bonchev–Trinajstić information content (AvgIpc) is 3.86. The summed E-state index contributed by atoms with van der Waals surface area (Å²) in [6.07, 6.45) is -0.331. The van der Waals surface area contributed by atoms with E-state index in [4.69, 9.17) is 14.4 Å². The molecule has 1 N–H and O–H groups in total. The summed E-state index contributed by atoms with van der Waals surface area (Å²) < 4.78 is 11.5. The smallest absolute Gasteiger partial charge is 0.159 e. The molecule has 0 saturated heterocycles. The number of nitrogens with zero attached hydrogens (tertiary/aromatic N) is 3. The molecule has 1 atom stereocenters. The molecule has 0 fully saturated rings. The Morgan fingerprint density at radius 1 is 0.569 bits per heavy atom. The van der Waals surface area contributed by atoms with E-state index in [1.165, 1.54) is 25.6 Å². The van der Waals surface area contributed by atoms with Crippen molar-refractivity contribution >= 4 is 86.9 Å². The van der Waals surface area contributed by atoms with E-state index in [0.717, 1.165) is 66.6 Å². The zero-order valence-corrected chi connectivity index (χ0v) is 28.1. The molecule has 0 bridgehead atoms. The summed E-state index contributed by atoms with van der Waals surface area (Å²) in [5.41, 5.74) is 8.13. The Morgan fingerprint density at radius 2 is 1.33 bits per heavy atom. The predicted molar refractivity (Wildman–Crippen MR) is 213 cm³/mol. The fraction of sp³-hybridized carbons (Fsp3) is 0.0222. The molecule has 0 saturated carbocycles. The first-order valence-corrected chi connectivity index (χ1v) is 17.9. The molecule has 0 aliphatic carbocycles. The van der Waals surface area contributed by atoms with Crippen molar-refractivity contribution in [3.05, 3.63) is 174 Å². The molecule has 3 aromatic heterocycles. The Kier molecular flexibility index (Phi) is 6.12. The third-order valence-corrected chi connectivity index (χ3v) is 11.2. The highest BCUT2D eigenvalue weighted by Gasteiger charge is 2.25. The number of fused-ring (bicyclic) bond motifs is 9. The van der Waals surface area contributed by atoms with Gasteiger partial charge in [-0.25, -0.2) is 9.98 Å². The minimum absolute atomic E-state index is 0.331. The van der Waals surface area contributed by atoms with Gasteiger partial charge in [-0.1, -0.05) is 109 Å². The molecule has 1 aliphatic rings. The number of thiophene rings is 1. The lowest BCUT2D eigenvalue weighted by atomic mass is 10.0. The van der Waals surface area contributed by atoms with E-state index in [1.807, 2.05) is 29.5 Å². The van der Waals surface area contributed by atoms with Crippen molar-refractivity contribution in [3.63, 3.8) is 0 Å². The largest absolute Gasteiger partial charge is 0.456 e. The highest BCUT2D eigenvalue weighted by molar-refractivity contribution is 7.25. The van der Waals surface area contributed by atoms with E-state index in [-0.39, 0.29) is 6.17 Å². The van der Waals surface area contributed by atoms with Crippen LogP contribution < -0.4 is 5.32 Å². The van der Waals surface area contributed by atoms with E-state index in [2.05, 4.69) is 149 Å². The van der Waals surface area contributed by atoms with Gasteiger partial charge in [0.2, 0.25) is 0 Å². The number of furan rings is 1. The molecule has 0 spiro atoms. The molecule has 1 unspecified atom stereocenters. The number of hydrogen-bond donors (Lipinski definition) is 1. The predicted octanol–water partition coefficient (Wildman–Crippen LogP) is 11.5. The second-order valence-electron chi connectivity index (χ2n) is 13.0. The van der Waals surface area contributed by atoms with Crippen LogP contribution in [0.3, 0.4) is 0 Å². The first-order valence-electron chi connectivity index (χ1n) is 17.1. The maximum Gasteiger partial charge on any atom is 0.159 e. The fourth-order valence-corrected chi connectivity index (χ4v) is 8.88. The van der Waals surface area contributed by atoms with Crippen LogP contribution >= 0.6 is 11.3 Å². The quantitative estimate of drug-likeness (QED) is 0.202. The van der Waals surface area contributed by atoms with Crippen LogP contribution in [-0.2, 0) is 0 Å². The van der Waals surface area contributed by atoms with E-state index in [1.54, 1.807) is 0 Å². The average molecular weight is 673 g/mol. The van der Waals surface area contributed by atoms with E-state index < -0.39 is 0 Å². The van der Waals surface area contributed by atoms with Crippen molar-refractivity contribution in [3.8, 4) is 5.69 Å². The van der Waals surface area contributed by atoms with Crippen LogP contribution in [-0.4, -0.2) is 16.2 Å². The first-order chi connectivity index (χ1) is 25.3. The molecule has 11 rings (SSSR count). The van der Waals surface area contributed by atoms with Gasteiger partial charge < -0.3 is 14.3 Å². The van der Waals surface area contributed by atoms with Crippen LogP contribution in [0.25, 0.3) is 69.6 Å². The lowest BCUT2D eigenvalue weighted by Gasteiger charge is -2.24. The van der Waals surface area contributed by atoms with Crippen LogP contribution in [0.1, 0.15) is 22.9 Å². The molecule has 0 radical (unpaired) electrons. The van der Waals surface area contributed by atoms with Crippen molar-refractivity contribution in [2.24, 2.45) is 9.98 Å². The summed E-state index contributed by atoms with van der Waals surface area (Å²) in [5.74, 6) is 1.46. The van der Waals surface area contributed by atoms with Gasteiger partial charge in [0.05, 0.1) is 11.0 Å². The highest BCUT2D eigenvalue weighted by atomic mass is 32.1. The lowest BCUT2D eigenvalue weighted by molar-refractivity contribution is 0.668. The van der Waals surface area contributed by atoms with Crippen LogP contribution in [0.15, 0.2) is 172 Å². The van der Waals surface area contributed by atoms with Crippen molar-refractivity contribution in [1.29, 1.82) is 0 Å². The zero-order chi connectivity index (χ0) is 33.5. The van der Waals surface area contributed by atoms with Crippen LogP contribution in [0.2, 0.25) is 0 Å². The maximum atomic E-state index is 6.63. The minimum Gasteiger partial charge on any atom is -0.456 e. The Hall–Kier alpha value is -6.50. The third kappa shape index (κ3) is 4.40. The van der Waals surface area contributed by atoms with Crippen LogP contribution in [0, 0.1) is 0 Å². The zero-order valence-electron chi connectivity index (χ0n) is 27.2. The normalized spacial score (nSPS) is 14.9. The van der Waals surface area contributed by atoms with Crippen molar-refractivity contribution in [2.45, 2.75) is 6.17 Å². The number of para-hydroxylation sites is 2. The second-order valence-corrected chi connectivity index (χ2v) is 14.1. The number of nitrogens with one attached hydrogen (secondary N) is 1. The summed E-state index contributed by atoms with van der Waals surface area (Å²) in [5, 5.41) is 10.7. The summed E-state index contributed by atoms with van der Waals surface area (Å²) in [6, 6.07) is 55.4. The number of benzene rings is 7. The molecule has 7 aromatic carbocycles. The molecule has 5 nitrogen and oxygen atoms in total. The van der Waals surface area contributed by atoms with Crippen molar-refractivity contribution in [1.82, 2.24) is 9.88 Å². The van der Waals surface area contributed by atoms with E-state index in [0.29, 0.717) is 5.84 Å². The topological polar surface area (TPSA) is 54.8 Å². The number of amidine groups is 2. The Morgan fingerprint density at radius 3 is 2.22 bits per heavy atom. The number of rotatable bonds is 4.